The van der Waals surface area contributed by atoms with E-state index in [2.05, 4.69) is 5.10 Å². The van der Waals surface area contributed by atoms with Crippen molar-refractivity contribution in [3.8, 4) is 5.69 Å². The lowest BCUT2D eigenvalue weighted by Crippen LogP contribution is -2.29. The molecule has 0 spiro atoms. The molecule has 1 heterocycles. The number of aromatic nitrogens is 2. The first-order valence-corrected chi connectivity index (χ1v) is 9.20. The zero-order valence-electron chi connectivity index (χ0n) is 14.1. The van der Waals surface area contributed by atoms with Gasteiger partial charge in [0.1, 0.15) is 0 Å². The average Bonchev–Trinajstić information content (AvgIpc) is 2.57. The lowest BCUT2D eigenvalue weighted by atomic mass is 10.2. The van der Waals surface area contributed by atoms with E-state index in [4.69, 9.17) is 0 Å². The number of fused-ring (bicyclic) bond motifs is 1. The Hall–Kier alpha value is -2.67. The molecular formula is C18H18N2O4S. The standard InChI is InChI=1S/C18H18N2O4S/c1-18(2,3)25(23,24)13-10-8-12(9-11-13)20-17(22)15-7-5-4-6-14(15)16(21)19-20/h4-11H,1-3H3,(H,19,21). The largest absolute Gasteiger partial charge is 0.277 e. The summed E-state index contributed by atoms with van der Waals surface area (Å²) in [4.78, 5) is 24.9. The summed E-state index contributed by atoms with van der Waals surface area (Å²) in [5, 5.41) is 3.14. The Balaban J connectivity index is 2.17. The summed E-state index contributed by atoms with van der Waals surface area (Å²) >= 11 is 0. The van der Waals surface area contributed by atoms with Gasteiger partial charge in [-0.1, -0.05) is 12.1 Å². The summed E-state index contributed by atoms with van der Waals surface area (Å²) in [5.41, 5.74) is -0.371. The molecule has 130 valence electrons. The van der Waals surface area contributed by atoms with E-state index in [1.165, 1.54) is 24.3 Å². The predicted octanol–water partition coefficient (Wildman–Crippen LogP) is 2.25. The molecule has 0 unspecified atom stereocenters. The third-order valence-electron chi connectivity index (χ3n) is 4.03. The number of hydrogen-bond acceptors (Lipinski definition) is 4. The maximum atomic E-state index is 12.6. The van der Waals surface area contributed by atoms with E-state index in [-0.39, 0.29) is 16.0 Å². The van der Waals surface area contributed by atoms with Crippen LogP contribution in [0.1, 0.15) is 20.8 Å². The van der Waals surface area contributed by atoms with Crippen molar-refractivity contribution in [2.75, 3.05) is 0 Å². The van der Waals surface area contributed by atoms with E-state index in [0.717, 1.165) is 4.68 Å². The van der Waals surface area contributed by atoms with Crippen molar-refractivity contribution in [3.63, 3.8) is 0 Å². The first-order chi connectivity index (χ1) is 11.6. The molecule has 1 N–H and O–H groups in total. The minimum absolute atomic E-state index is 0.167. The van der Waals surface area contributed by atoms with Crippen LogP contribution in [-0.2, 0) is 9.84 Å². The lowest BCUT2D eigenvalue weighted by molar-refractivity contribution is 0.560. The number of nitrogens with one attached hydrogen (secondary N) is 1. The molecule has 7 heteroatoms. The second-order valence-electron chi connectivity index (χ2n) is 6.74. The maximum Gasteiger partial charge on any atom is 0.277 e. The number of nitrogens with zero attached hydrogens (tertiary/aromatic N) is 1. The van der Waals surface area contributed by atoms with Crippen molar-refractivity contribution < 1.29 is 8.42 Å². The molecule has 0 saturated carbocycles. The Kier molecular flexibility index (Phi) is 3.91. The monoisotopic (exact) mass is 358 g/mol. The van der Waals surface area contributed by atoms with E-state index in [1.807, 2.05) is 0 Å². The highest BCUT2D eigenvalue weighted by Gasteiger charge is 2.30. The first-order valence-electron chi connectivity index (χ1n) is 7.72. The number of H-pyrrole nitrogens is 1. The van der Waals surface area contributed by atoms with Crippen LogP contribution in [0.25, 0.3) is 16.5 Å². The minimum atomic E-state index is -3.49. The molecule has 0 radical (unpaired) electrons. The highest BCUT2D eigenvalue weighted by Crippen LogP contribution is 2.25. The molecule has 0 aliphatic rings. The van der Waals surface area contributed by atoms with Gasteiger partial charge in [-0.25, -0.2) is 13.1 Å². The van der Waals surface area contributed by atoms with Crippen molar-refractivity contribution in [3.05, 3.63) is 69.2 Å². The minimum Gasteiger partial charge on any atom is -0.267 e. The molecule has 25 heavy (non-hydrogen) atoms. The van der Waals surface area contributed by atoms with Gasteiger partial charge < -0.3 is 0 Å². The van der Waals surface area contributed by atoms with Crippen LogP contribution >= 0.6 is 0 Å². The zero-order valence-corrected chi connectivity index (χ0v) is 14.9. The fourth-order valence-electron chi connectivity index (χ4n) is 2.51. The van der Waals surface area contributed by atoms with E-state index in [9.17, 15) is 18.0 Å². The van der Waals surface area contributed by atoms with Gasteiger partial charge in [-0.3, -0.25) is 14.7 Å². The zero-order chi connectivity index (χ0) is 18.4. The van der Waals surface area contributed by atoms with Crippen molar-refractivity contribution >= 4 is 20.6 Å². The fraction of sp³-hybridized carbons (Fsp3) is 0.222. The molecule has 3 aromatic rings. The van der Waals surface area contributed by atoms with Crippen LogP contribution < -0.4 is 11.1 Å². The highest BCUT2D eigenvalue weighted by molar-refractivity contribution is 7.92. The quantitative estimate of drug-likeness (QED) is 0.761. The Bertz CT molecular complexity index is 1160. The summed E-state index contributed by atoms with van der Waals surface area (Å²) in [7, 11) is -3.49. The van der Waals surface area contributed by atoms with Crippen molar-refractivity contribution in [2.24, 2.45) is 0 Å². The highest BCUT2D eigenvalue weighted by atomic mass is 32.2. The molecule has 0 amide bonds. The van der Waals surface area contributed by atoms with Gasteiger partial charge in [-0.2, -0.15) is 0 Å². The van der Waals surface area contributed by atoms with Crippen LogP contribution in [-0.4, -0.2) is 22.9 Å². The van der Waals surface area contributed by atoms with Gasteiger partial charge in [0.05, 0.1) is 26.1 Å². The number of aromatic amines is 1. The molecule has 0 bridgehead atoms. The molecule has 1 aromatic heterocycles. The van der Waals surface area contributed by atoms with Crippen LogP contribution in [0, 0.1) is 0 Å². The Morgan fingerprint density at radius 2 is 1.44 bits per heavy atom. The smallest absolute Gasteiger partial charge is 0.267 e. The van der Waals surface area contributed by atoms with Gasteiger partial charge in [-0.05, 0) is 57.2 Å². The molecular weight excluding hydrogens is 340 g/mol. The Morgan fingerprint density at radius 1 is 0.880 bits per heavy atom. The number of rotatable bonds is 2. The SMILES string of the molecule is CC(C)(C)S(=O)(=O)c1ccc(-n2[nH]c(=O)c3ccccc3c2=O)cc1. The molecule has 2 aromatic carbocycles. The summed E-state index contributed by atoms with van der Waals surface area (Å²) in [6.45, 7) is 4.88. The molecule has 0 aliphatic carbocycles. The van der Waals surface area contributed by atoms with E-state index in [0.29, 0.717) is 16.5 Å². The number of hydrogen-bond donors (Lipinski definition) is 1. The first kappa shape index (κ1) is 17.2. The summed E-state index contributed by atoms with van der Waals surface area (Å²) in [5.74, 6) is 0. The van der Waals surface area contributed by atoms with E-state index >= 15 is 0 Å². The van der Waals surface area contributed by atoms with Gasteiger partial charge in [0.25, 0.3) is 11.1 Å². The second-order valence-corrected chi connectivity index (χ2v) is 9.44. The predicted molar refractivity (Wildman–Crippen MR) is 97.1 cm³/mol. The van der Waals surface area contributed by atoms with Crippen molar-refractivity contribution in [2.45, 2.75) is 30.4 Å². The van der Waals surface area contributed by atoms with Crippen LogP contribution in [0.3, 0.4) is 0 Å². The summed E-state index contributed by atoms with van der Waals surface area (Å²) in [6.07, 6.45) is 0. The topological polar surface area (TPSA) is 89.0 Å². The third-order valence-corrected chi connectivity index (χ3v) is 6.54. The fourth-order valence-corrected chi connectivity index (χ4v) is 3.71. The summed E-state index contributed by atoms with van der Waals surface area (Å²) in [6, 6.07) is 12.4. The van der Waals surface area contributed by atoms with Gasteiger partial charge in [0, 0.05) is 0 Å². The van der Waals surface area contributed by atoms with Gasteiger partial charge in [0.2, 0.25) is 0 Å². The van der Waals surface area contributed by atoms with Crippen LogP contribution in [0.15, 0.2) is 63.0 Å². The van der Waals surface area contributed by atoms with Gasteiger partial charge >= 0.3 is 0 Å². The molecule has 6 nitrogen and oxygen atoms in total. The Morgan fingerprint density at radius 3 is 2.00 bits per heavy atom. The van der Waals surface area contributed by atoms with Crippen LogP contribution in [0.2, 0.25) is 0 Å². The van der Waals surface area contributed by atoms with Crippen LogP contribution in [0.5, 0.6) is 0 Å². The van der Waals surface area contributed by atoms with Crippen molar-refractivity contribution in [1.29, 1.82) is 0 Å². The lowest BCUT2D eigenvalue weighted by Gasteiger charge is -2.19. The maximum absolute atomic E-state index is 12.6. The normalized spacial score (nSPS) is 12.4. The molecule has 0 atom stereocenters. The molecule has 3 rings (SSSR count). The number of sulfone groups is 1. The summed E-state index contributed by atoms with van der Waals surface area (Å²) < 4.78 is 25.1. The molecule has 0 saturated heterocycles. The van der Waals surface area contributed by atoms with Gasteiger partial charge in [0.15, 0.2) is 9.84 Å². The second kappa shape index (κ2) is 5.70. The van der Waals surface area contributed by atoms with Crippen LogP contribution in [0.4, 0.5) is 0 Å². The van der Waals surface area contributed by atoms with E-state index in [1.54, 1.807) is 45.0 Å². The molecule has 0 aliphatic heterocycles. The average molecular weight is 358 g/mol. The Labute approximate surface area is 144 Å². The molecule has 0 fully saturated rings. The number of benzene rings is 2. The van der Waals surface area contributed by atoms with Gasteiger partial charge in [-0.15, -0.1) is 0 Å². The third kappa shape index (κ3) is 2.80. The van der Waals surface area contributed by atoms with Crippen molar-refractivity contribution in [1.82, 2.24) is 9.78 Å². The van der Waals surface area contributed by atoms with E-state index < -0.39 is 14.6 Å².